The first-order valence-corrected chi connectivity index (χ1v) is 3.84. The average Bonchev–Trinajstić information content (AvgIpc) is 1.31. The summed E-state index contributed by atoms with van der Waals surface area (Å²) in [6.45, 7) is 2.59. The molecule has 0 heterocycles. The van der Waals surface area contributed by atoms with Crippen LogP contribution in [-0.2, 0) is 4.57 Å². The second-order valence-electron chi connectivity index (χ2n) is 1.20. The van der Waals surface area contributed by atoms with Gasteiger partial charge in [0.1, 0.15) is 0 Å². The molecule has 0 aliphatic carbocycles. The first kappa shape index (κ1) is 4.35. The largest absolute Gasteiger partial charge is 0.344 e. The SMILES string of the molecule is [3H]C(C)P(C)(=O)O. The molecule has 0 bridgehead atoms. The number of hydrogen-bond acceptors (Lipinski definition) is 1. The van der Waals surface area contributed by atoms with E-state index in [1.807, 2.05) is 0 Å². The van der Waals surface area contributed by atoms with Gasteiger partial charge in [-0.05, 0) is 0 Å². The molecule has 3 heteroatoms. The standard InChI is InChI=1S/C3H9O2P/c1-3-6(2,4)5/h3H2,1-2H3,(H,4,5)/i3T. The van der Waals surface area contributed by atoms with Gasteiger partial charge in [0.05, 0.1) is 0 Å². The Bertz CT molecular complexity index is 95.1. The van der Waals surface area contributed by atoms with E-state index >= 15 is 0 Å². The lowest BCUT2D eigenvalue weighted by molar-refractivity contribution is 0.486. The second-order valence-corrected chi connectivity index (χ2v) is 3.60. The zero-order chi connectivity index (χ0) is 6.08. The van der Waals surface area contributed by atoms with E-state index < -0.39 is 13.5 Å². The van der Waals surface area contributed by atoms with Crippen molar-refractivity contribution in [2.24, 2.45) is 0 Å². The molecule has 2 nitrogen and oxygen atoms in total. The fourth-order valence-electron chi connectivity index (χ4n) is 0. The van der Waals surface area contributed by atoms with Gasteiger partial charge in [0, 0.05) is 14.2 Å². The van der Waals surface area contributed by atoms with Gasteiger partial charge in [-0.1, -0.05) is 6.92 Å². The van der Waals surface area contributed by atoms with Crippen molar-refractivity contribution in [1.82, 2.24) is 0 Å². The Morgan fingerprint density at radius 3 is 2.33 bits per heavy atom. The lowest BCUT2D eigenvalue weighted by Crippen LogP contribution is -1.75. The van der Waals surface area contributed by atoms with E-state index in [-0.39, 0.29) is 0 Å². The van der Waals surface area contributed by atoms with Crippen LogP contribution in [0.1, 0.15) is 8.29 Å². The van der Waals surface area contributed by atoms with Crippen LogP contribution in [0.3, 0.4) is 0 Å². The number of rotatable bonds is 1. The minimum absolute atomic E-state index is 0.840. The molecule has 0 spiro atoms. The van der Waals surface area contributed by atoms with Crippen LogP contribution in [0.2, 0.25) is 0 Å². The van der Waals surface area contributed by atoms with Crippen LogP contribution < -0.4 is 0 Å². The Morgan fingerprint density at radius 1 is 2.17 bits per heavy atom. The van der Waals surface area contributed by atoms with Gasteiger partial charge in [-0.15, -0.1) is 0 Å². The Labute approximate surface area is 39.0 Å². The molecule has 0 radical (unpaired) electrons. The van der Waals surface area contributed by atoms with Crippen LogP contribution in [0.25, 0.3) is 0 Å². The molecule has 0 aliphatic heterocycles. The smallest absolute Gasteiger partial charge is 0.197 e. The van der Waals surface area contributed by atoms with Crippen molar-refractivity contribution in [1.29, 1.82) is 0 Å². The first-order chi connectivity index (χ1) is 2.94. The summed E-state index contributed by atoms with van der Waals surface area (Å²) < 4.78 is 17.0. The van der Waals surface area contributed by atoms with Gasteiger partial charge in [-0.2, -0.15) is 0 Å². The molecule has 0 aromatic heterocycles. The molecule has 6 heavy (non-hydrogen) atoms. The van der Waals surface area contributed by atoms with Crippen molar-refractivity contribution in [3.63, 3.8) is 0 Å². The summed E-state index contributed by atoms with van der Waals surface area (Å²) >= 11 is 0. The molecule has 38 valence electrons. The van der Waals surface area contributed by atoms with E-state index in [1.54, 1.807) is 0 Å². The topological polar surface area (TPSA) is 37.3 Å². The molecule has 0 fully saturated rings. The molecular weight excluding hydrogens is 99.0 g/mol. The van der Waals surface area contributed by atoms with Gasteiger partial charge >= 0.3 is 0 Å². The van der Waals surface area contributed by atoms with Crippen LogP contribution in [0.15, 0.2) is 0 Å². The monoisotopic (exact) mass is 110 g/mol. The molecule has 1 N–H and O–H groups in total. The van der Waals surface area contributed by atoms with Crippen molar-refractivity contribution < 1.29 is 10.8 Å². The van der Waals surface area contributed by atoms with E-state index in [4.69, 9.17) is 6.26 Å². The maximum absolute atomic E-state index is 10.3. The number of hydrogen-bond donors (Lipinski definition) is 1. The maximum Gasteiger partial charge on any atom is 0.197 e. The summed E-state index contributed by atoms with van der Waals surface area (Å²) in [5.74, 6) is 0. The highest BCUT2D eigenvalue weighted by Crippen LogP contribution is 2.33. The molecular formula is C3H9O2P. The van der Waals surface area contributed by atoms with E-state index in [1.165, 1.54) is 13.6 Å². The Hall–Kier alpha value is 0.190. The predicted molar refractivity (Wildman–Crippen MR) is 26.3 cm³/mol. The minimum atomic E-state index is -3.07. The molecule has 0 saturated carbocycles. The Morgan fingerprint density at radius 2 is 2.33 bits per heavy atom. The zero-order valence-corrected chi connectivity index (χ0v) is 4.77. The molecule has 0 aromatic rings. The minimum Gasteiger partial charge on any atom is -0.344 e. The normalized spacial score (nSPS) is 27.5. The van der Waals surface area contributed by atoms with Crippen LogP contribution in [0.4, 0.5) is 0 Å². The third-order valence-corrected chi connectivity index (χ3v) is 1.44. The summed E-state index contributed by atoms with van der Waals surface area (Å²) in [6.07, 6.45) is -0.840. The summed E-state index contributed by atoms with van der Waals surface area (Å²) in [5.41, 5.74) is 0. The van der Waals surface area contributed by atoms with Gasteiger partial charge in [0.2, 0.25) is 0 Å². The lowest BCUT2D eigenvalue weighted by atomic mass is 11.0. The molecule has 2 atom stereocenters. The molecule has 0 aliphatic rings. The van der Waals surface area contributed by atoms with Crippen LogP contribution in [0, 0.1) is 0 Å². The van der Waals surface area contributed by atoms with Crippen molar-refractivity contribution >= 4 is 7.37 Å². The van der Waals surface area contributed by atoms with Gasteiger partial charge in [-0.3, -0.25) is 4.57 Å². The van der Waals surface area contributed by atoms with Gasteiger partial charge < -0.3 is 4.89 Å². The van der Waals surface area contributed by atoms with Crippen molar-refractivity contribution in [2.75, 3.05) is 12.8 Å². The second kappa shape index (κ2) is 1.76. The summed E-state index contributed by atoms with van der Waals surface area (Å²) in [7, 11) is -3.07. The van der Waals surface area contributed by atoms with E-state index in [0.29, 0.717) is 0 Å². The third kappa shape index (κ3) is 4.19. The highest BCUT2D eigenvalue weighted by Gasteiger charge is 2.01. The van der Waals surface area contributed by atoms with Gasteiger partial charge in [-0.25, -0.2) is 0 Å². The predicted octanol–water partition coefficient (Wildman–Crippen LogP) is 0.906. The average molecular weight is 110 g/mol. The van der Waals surface area contributed by atoms with E-state index in [2.05, 4.69) is 0 Å². The highest BCUT2D eigenvalue weighted by molar-refractivity contribution is 7.57. The molecule has 0 amide bonds. The molecule has 2 unspecified atom stereocenters. The Balaban J connectivity index is 3.80. The van der Waals surface area contributed by atoms with Crippen LogP contribution in [0.5, 0.6) is 0 Å². The fourth-order valence-corrected chi connectivity index (χ4v) is 0. The van der Waals surface area contributed by atoms with Crippen LogP contribution >= 0.6 is 7.37 Å². The van der Waals surface area contributed by atoms with Gasteiger partial charge in [0.25, 0.3) is 0 Å². The highest BCUT2D eigenvalue weighted by atomic mass is 31.2. The fraction of sp³-hybridized carbons (Fsp3) is 1.00. The van der Waals surface area contributed by atoms with E-state index in [9.17, 15) is 4.57 Å². The van der Waals surface area contributed by atoms with Crippen molar-refractivity contribution in [2.45, 2.75) is 6.92 Å². The van der Waals surface area contributed by atoms with Crippen LogP contribution in [-0.4, -0.2) is 17.7 Å². The van der Waals surface area contributed by atoms with Gasteiger partial charge in [0.15, 0.2) is 7.37 Å². The third-order valence-electron chi connectivity index (χ3n) is 0.479. The van der Waals surface area contributed by atoms with Crippen molar-refractivity contribution in [3.05, 3.63) is 0 Å². The Kier molecular flexibility index (Phi) is 1.28. The molecule has 0 rings (SSSR count). The summed E-state index contributed by atoms with van der Waals surface area (Å²) in [4.78, 5) is 8.46. The lowest BCUT2D eigenvalue weighted by Gasteiger charge is -1.94. The quantitative estimate of drug-likeness (QED) is 0.509. The molecule has 0 saturated heterocycles. The zero-order valence-electron chi connectivity index (χ0n) is 4.88. The first-order valence-electron chi connectivity index (χ1n) is 2.24. The van der Waals surface area contributed by atoms with Crippen molar-refractivity contribution in [3.8, 4) is 0 Å². The maximum atomic E-state index is 10.3. The van der Waals surface area contributed by atoms with E-state index in [0.717, 1.165) is 0 Å². The molecule has 0 aromatic carbocycles. The summed E-state index contributed by atoms with van der Waals surface area (Å²) in [6, 6.07) is 0. The summed E-state index contributed by atoms with van der Waals surface area (Å²) in [5, 5.41) is 0.